The molecule has 1 aromatic heterocycles. The number of aromatic amines is 1. The topological polar surface area (TPSA) is 70.4 Å². The molecule has 1 aliphatic heterocycles. The number of fused-ring (bicyclic) bond motifs is 1. The second-order valence-corrected chi connectivity index (χ2v) is 5.72. The number of hydrogen-bond donors (Lipinski definition) is 2. The van der Waals surface area contributed by atoms with E-state index in [0.717, 1.165) is 21.4 Å². The van der Waals surface area contributed by atoms with Crippen LogP contribution in [0, 0.1) is 5.82 Å². The highest BCUT2D eigenvalue weighted by Crippen LogP contribution is 2.32. The molecule has 25 heavy (non-hydrogen) atoms. The Morgan fingerprint density at radius 1 is 1.16 bits per heavy atom. The molecule has 2 aromatic carbocycles. The van der Waals surface area contributed by atoms with E-state index >= 15 is 0 Å². The van der Waals surface area contributed by atoms with Crippen molar-refractivity contribution in [1.29, 1.82) is 0 Å². The molecule has 0 spiro atoms. The van der Waals surface area contributed by atoms with Crippen molar-refractivity contribution in [2.75, 3.05) is 0 Å². The molecule has 2 heterocycles. The zero-order valence-corrected chi connectivity index (χ0v) is 13.1. The summed E-state index contributed by atoms with van der Waals surface area (Å²) in [4.78, 5) is 19.1. The van der Waals surface area contributed by atoms with Crippen molar-refractivity contribution < 1.29 is 9.50 Å². The molecule has 1 aliphatic rings. The smallest absolute Gasteiger partial charge is 0.329 e. The summed E-state index contributed by atoms with van der Waals surface area (Å²) in [7, 11) is 0. The Balaban J connectivity index is 1.72. The Bertz CT molecular complexity index is 1080. The summed E-state index contributed by atoms with van der Waals surface area (Å²) < 4.78 is 14.9. The zero-order chi connectivity index (χ0) is 17.4. The van der Waals surface area contributed by atoms with Crippen LogP contribution in [0.4, 0.5) is 10.1 Å². The van der Waals surface area contributed by atoms with E-state index < -0.39 is 11.5 Å². The minimum atomic E-state index is -0.504. The van der Waals surface area contributed by atoms with Crippen LogP contribution in [0.2, 0.25) is 0 Å². The van der Waals surface area contributed by atoms with Crippen molar-refractivity contribution in [3.63, 3.8) is 0 Å². The standard InChI is InChI=1S/C19H14FN3O2/c20-15-7-3-1-5-12(15)11-23-18(24)17(22-19(23)25)9-13-10-21-16-8-4-2-6-14(13)16/h1-10,24H,11H2,(H,22,25)/b13-9+. The maximum atomic E-state index is 13.8. The molecule has 0 saturated heterocycles. The van der Waals surface area contributed by atoms with Gasteiger partial charge in [-0.15, -0.1) is 0 Å². The normalized spacial score (nSPS) is 14.2. The van der Waals surface area contributed by atoms with E-state index in [1.54, 1.807) is 30.5 Å². The van der Waals surface area contributed by atoms with Crippen molar-refractivity contribution in [2.24, 2.45) is 4.99 Å². The molecule has 0 radical (unpaired) electrons. The number of halogens is 1. The van der Waals surface area contributed by atoms with Crippen molar-refractivity contribution in [2.45, 2.75) is 6.54 Å². The van der Waals surface area contributed by atoms with Crippen LogP contribution in [0.3, 0.4) is 0 Å². The maximum Gasteiger partial charge on any atom is 0.329 e. The minimum absolute atomic E-state index is 0.0539. The quantitative estimate of drug-likeness (QED) is 0.771. The Labute approximate surface area is 142 Å². The van der Waals surface area contributed by atoms with Crippen LogP contribution in [-0.2, 0) is 6.54 Å². The molecule has 0 amide bonds. The van der Waals surface area contributed by atoms with Crippen molar-refractivity contribution >= 4 is 23.6 Å². The van der Waals surface area contributed by atoms with Crippen molar-refractivity contribution in [1.82, 2.24) is 9.55 Å². The monoisotopic (exact) mass is 335 g/mol. The second-order valence-electron chi connectivity index (χ2n) is 5.72. The fourth-order valence-corrected chi connectivity index (χ4v) is 2.83. The number of allylic oxidation sites excluding steroid dienone is 1. The third kappa shape index (κ3) is 2.67. The molecular formula is C19H14FN3O2. The number of benzene rings is 2. The van der Waals surface area contributed by atoms with Crippen LogP contribution >= 0.6 is 0 Å². The molecule has 0 atom stereocenters. The van der Waals surface area contributed by atoms with Crippen molar-refractivity contribution in [3.8, 4) is 5.88 Å². The van der Waals surface area contributed by atoms with Crippen LogP contribution in [0.5, 0.6) is 5.88 Å². The lowest BCUT2D eigenvalue weighted by atomic mass is 10.1. The van der Waals surface area contributed by atoms with Gasteiger partial charge in [-0.05, 0) is 18.2 Å². The number of hydrogen-bond acceptors (Lipinski definition) is 3. The summed E-state index contributed by atoms with van der Waals surface area (Å²) in [6, 6.07) is 13.7. The van der Waals surface area contributed by atoms with Gasteiger partial charge in [0.15, 0.2) is 0 Å². The van der Waals surface area contributed by atoms with Crippen LogP contribution in [0.1, 0.15) is 16.8 Å². The number of nitrogens with zero attached hydrogens (tertiary/aromatic N) is 2. The number of aliphatic imine (C=N–C) groups is 1. The number of aromatic hydroxyl groups is 1. The predicted octanol–water partition coefficient (Wildman–Crippen LogP) is 3.33. The Morgan fingerprint density at radius 3 is 2.76 bits per heavy atom. The van der Waals surface area contributed by atoms with Crippen LogP contribution in [0.15, 0.2) is 58.3 Å². The fraction of sp³-hybridized carbons (Fsp3) is 0.0526. The zero-order valence-electron chi connectivity index (χ0n) is 13.1. The lowest BCUT2D eigenvalue weighted by molar-refractivity contribution is 0.418. The first kappa shape index (κ1) is 15.1. The molecule has 6 heteroatoms. The van der Waals surface area contributed by atoms with Gasteiger partial charge < -0.3 is 10.1 Å². The van der Waals surface area contributed by atoms with E-state index in [4.69, 9.17) is 0 Å². The number of nitrogens with one attached hydrogen (secondary N) is 1. The van der Waals surface area contributed by atoms with Gasteiger partial charge in [-0.2, -0.15) is 0 Å². The first-order valence-electron chi connectivity index (χ1n) is 7.74. The molecule has 124 valence electrons. The highest BCUT2D eigenvalue weighted by Gasteiger charge is 2.16. The minimum Gasteiger partial charge on any atom is -0.493 e. The predicted molar refractivity (Wildman–Crippen MR) is 94.7 cm³/mol. The molecule has 0 aliphatic carbocycles. The Hall–Kier alpha value is -3.41. The van der Waals surface area contributed by atoms with Gasteiger partial charge in [0.1, 0.15) is 11.5 Å². The maximum absolute atomic E-state index is 13.8. The first-order chi connectivity index (χ1) is 12.1. The fourth-order valence-electron chi connectivity index (χ4n) is 2.83. The lowest BCUT2D eigenvalue weighted by Gasteiger charge is -2.05. The lowest BCUT2D eigenvalue weighted by Crippen LogP contribution is -2.17. The number of rotatable bonds is 3. The van der Waals surface area contributed by atoms with E-state index in [1.165, 1.54) is 6.07 Å². The molecule has 0 saturated carbocycles. The summed E-state index contributed by atoms with van der Waals surface area (Å²) in [5, 5.41) is 10.4. The van der Waals surface area contributed by atoms with E-state index in [2.05, 4.69) is 9.98 Å². The average Bonchev–Trinajstić information content (AvgIpc) is 3.13. The van der Waals surface area contributed by atoms with Crippen LogP contribution < -0.4 is 5.69 Å². The third-order valence-electron chi connectivity index (χ3n) is 4.13. The van der Waals surface area contributed by atoms with Gasteiger partial charge in [0.05, 0.1) is 12.2 Å². The highest BCUT2D eigenvalue weighted by molar-refractivity contribution is 6.21. The van der Waals surface area contributed by atoms with Gasteiger partial charge in [0, 0.05) is 22.9 Å². The molecule has 0 bridgehead atoms. The van der Waals surface area contributed by atoms with E-state index in [9.17, 15) is 14.3 Å². The van der Waals surface area contributed by atoms with Crippen molar-refractivity contribution in [3.05, 3.63) is 81.7 Å². The molecule has 0 unspecified atom stereocenters. The molecular weight excluding hydrogens is 321 g/mol. The van der Waals surface area contributed by atoms with Gasteiger partial charge in [0.25, 0.3) is 0 Å². The number of aromatic nitrogens is 2. The van der Waals surface area contributed by atoms with Gasteiger partial charge >= 0.3 is 5.69 Å². The van der Waals surface area contributed by atoms with Crippen LogP contribution in [0.25, 0.3) is 11.6 Å². The molecule has 3 aromatic rings. The summed E-state index contributed by atoms with van der Waals surface area (Å²) in [6.07, 6.45) is 3.33. The van der Waals surface area contributed by atoms with E-state index in [0.29, 0.717) is 5.56 Å². The third-order valence-corrected chi connectivity index (χ3v) is 4.13. The Morgan fingerprint density at radius 2 is 1.92 bits per heavy atom. The largest absolute Gasteiger partial charge is 0.493 e. The van der Waals surface area contributed by atoms with Gasteiger partial charge in [0.2, 0.25) is 5.88 Å². The van der Waals surface area contributed by atoms with Gasteiger partial charge in [-0.1, -0.05) is 36.4 Å². The number of H-pyrrole nitrogens is 1. The van der Waals surface area contributed by atoms with E-state index in [1.807, 2.05) is 24.3 Å². The van der Waals surface area contributed by atoms with Crippen LogP contribution in [-0.4, -0.2) is 20.9 Å². The average molecular weight is 335 g/mol. The Kier molecular flexibility index (Phi) is 3.57. The number of imidazole rings is 1. The molecule has 0 fully saturated rings. The number of para-hydroxylation sites is 1. The van der Waals surface area contributed by atoms with E-state index in [-0.39, 0.29) is 18.1 Å². The molecule has 4 rings (SSSR count). The summed E-state index contributed by atoms with van der Waals surface area (Å²) in [5.74, 6) is -0.662. The first-order valence-corrected chi connectivity index (χ1v) is 7.74. The molecule has 5 nitrogen and oxygen atoms in total. The second kappa shape index (κ2) is 5.90. The SMILES string of the molecule is O=c1[nH]c(/C=C2\C=Nc3ccccc32)c(O)n1Cc1ccccc1F. The van der Waals surface area contributed by atoms with Gasteiger partial charge in [-0.25, -0.2) is 9.18 Å². The summed E-state index contributed by atoms with van der Waals surface area (Å²) in [5.41, 5.74) is 2.62. The highest BCUT2D eigenvalue weighted by atomic mass is 19.1. The van der Waals surface area contributed by atoms with Gasteiger partial charge in [-0.3, -0.25) is 9.56 Å². The summed E-state index contributed by atoms with van der Waals surface area (Å²) >= 11 is 0. The summed E-state index contributed by atoms with van der Waals surface area (Å²) in [6.45, 7) is -0.0539. The molecule has 2 N–H and O–H groups in total.